The summed E-state index contributed by atoms with van der Waals surface area (Å²) in [6, 6.07) is 0. The fourth-order valence-electron chi connectivity index (χ4n) is 11.1. The van der Waals surface area contributed by atoms with Gasteiger partial charge in [-0.3, -0.25) is 19.2 Å². The van der Waals surface area contributed by atoms with Crippen LogP contribution in [-0.4, -0.2) is 48.5 Å². The minimum Gasteiger partial charge on any atom is -0.446 e. The molecule has 4 aliphatic rings. The molecule has 0 spiro atoms. The van der Waals surface area contributed by atoms with Crippen LogP contribution >= 0.6 is 0 Å². The molecule has 4 aliphatic carbocycles. The average Bonchev–Trinajstić information content (AvgIpc) is 3.47. The Morgan fingerprint density at radius 3 is 2.26 bits per heavy atom. The topological polar surface area (TPSA) is 119 Å². The van der Waals surface area contributed by atoms with Gasteiger partial charge in [0.1, 0.15) is 17.7 Å². The van der Waals surface area contributed by atoms with Gasteiger partial charge in [0, 0.05) is 51.0 Å². The molecule has 8 atom stereocenters. The fourth-order valence-corrected chi connectivity index (χ4v) is 11.1. The maximum Gasteiger partial charge on any atom is 0.407 e. The Balaban J connectivity index is 1.09. The first-order valence-electron chi connectivity index (χ1n) is 21.6. The van der Waals surface area contributed by atoms with Crippen LogP contribution in [0.1, 0.15) is 170 Å². The second-order valence-corrected chi connectivity index (χ2v) is 18.8. The van der Waals surface area contributed by atoms with Crippen LogP contribution in [0.3, 0.4) is 0 Å². The van der Waals surface area contributed by atoms with Gasteiger partial charge in [-0.1, -0.05) is 85.8 Å². The van der Waals surface area contributed by atoms with Gasteiger partial charge in [-0.25, -0.2) is 4.79 Å². The molecule has 2 N–H and O–H groups in total. The molecule has 3 saturated carbocycles. The van der Waals surface area contributed by atoms with Crippen molar-refractivity contribution in [1.82, 2.24) is 10.6 Å². The third-order valence-electron chi connectivity index (χ3n) is 14.3. The summed E-state index contributed by atoms with van der Waals surface area (Å²) < 4.78 is 5.94. The number of amides is 2. The van der Waals surface area contributed by atoms with Crippen molar-refractivity contribution in [1.29, 1.82) is 0 Å². The average molecular weight is 739 g/mol. The first-order valence-corrected chi connectivity index (χ1v) is 21.6. The molecular formula is C45H74N2O6. The Kier molecular flexibility index (Phi) is 16.2. The van der Waals surface area contributed by atoms with Crippen LogP contribution in [0.2, 0.25) is 0 Å². The highest BCUT2D eigenvalue weighted by atomic mass is 16.6. The molecule has 53 heavy (non-hydrogen) atoms. The lowest BCUT2D eigenvalue weighted by molar-refractivity contribution is -0.128. The molecule has 0 saturated heterocycles. The zero-order valence-corrected chi connectivity index (χ0v) is 34.5. The molecule has 8 heteroatoms. The number of carbonyl (C=O) groups is 5. The van der Waals surface area contributed by atoms with E-state index in [0.717, 1.165) is 67.6 Å². The van der Waals surface area contributed by atoms with Gasteiger partial charge >= 0.3 is 6.09 Å². The number of ether oxygens (including phenoxy) is 1. The van der Waals surface area contributed by atoms with Crippen LogP contribution in [0.25, 0.3) is 0 Å². The standard InChI is InChI=1S/C45H74N2O6/c1-30(2)12-11-13-32(5)38-19-20-39-37-18-15-33-28-36(23-25-44(33,6)40(37)24-26-45(38,39)7)53-43(52)46-27-10-8-9-14-34(48)17-22-42(51)47-29-35(49)16-21-41(50)31(3)4/h15,30-32,36-40H,8-14,16-29H2,1-7H3,(H,46,52)(H,47,51)/t32-,36?,37+,38-,39+,40+,44+,45-/m1/s1. The summed E-state index contributed by atoms with van der Waals surface area (Å²) in [7, 11) is 0. The number of unbranched alkanes of at least 4 members (excludes halogenated alkanes) is 2. The first kappa shape index (κ1) is 43.2. The summed E-state index contributed by atoms with van der Waals surface area (Å²) >= 11 is 0. The molecule has 3 fully saturated rings. The number of carbonyl (C=O) groups excluding carboxylic acids is 5. The van der Waals surface area contributed by atoms with E-state index in [-0.39, 0.29) is 79.0 Å². The molecule has 1 unspecified atom stereocenters. The van der Waals surface area contributed by atoms with Crippen molar-refractivity contribution in [2.24, 2.45) is 52.3 Å². The zero-order valence-electron chi connectivity index (χ0n) is 34.5. The Labute approximate surface area is 321 Å². The number of rotatable bonds is 21. The lowest BCUT2D eigenvalue weighted by Gasteiger charge is -2.58. The van der Waals surface area contributed by atoms with Crippen molar-refractivity contribution < 1.29 is 28.7 Å². The van der Waals surface area contributed by atoms with Crippen molar-refractivity contribution in [3.63, 3.8) is 0 Å². The number of hydrogen-bond donors (Lipinski definition) is 2. The Morgan fingerprint density at radius 1 is 0.774 bits per heavy atom. The number of nitrogens with one attached hydrogen (secondary N) is 2. The molecule has 2 amide bonds. The quantitative estimate of drug-likeness (QED) is 0.0894. The van der Waals surface area contributed by atoms with Crippen molar-refractivity contribution in [3.8, 4) is 0 Å². The van der Waals surface area contributed by atoms with E-state index in [2.05, 4.69) is 51.3 Å². The maximum absolute atomic E-state index is 12.7. The van der Waals surface area contributed by atoms with Gasteiger partial charge in [-0.15, -0.1) is 0 Å². The highest BCUT2D eigenvalue weighted by Crippen LogP contribution is 2.67. The van der Waals surface area contributed by atoms with Gasteiger partial charge < -0.3 is 15.4 Å². The van der Waals surface area contributed by atoms with E-state index < -0.39 is 0 Å². The zero-order chi connectivity index (χ0) is 38.8. The number of allylic oxidation sites excluding steroid dienone is 1. The molecule has 0 radical (unpaired) electrons. The minimum atomic E-state index is -0.340. The van der Waals surface area contributed by atoms with Crippen molar-refractivity contribution in [2.75, 3.05) is 13.1 Å². The first-order chi connectivity index (χ1) is 25.1. The smallest absolute Gasteiger partial charge is 0.407 e. The molecular weight excluding hydrogens is 665 g/mol. The molecule has 0 bridgehead atoms. The molecule has 0 aromatic heterocycles. The Morgan fingerprint density at radius 2 is 1.53 bits per heavy atom. The molecule has 0 aromatic rings. The lowest BCUT2D eigenvalue weighted by Crippen LogP contribution is -2.51. The van der Waals surface area contributed by atoms with Crippen LogP contribution in [-0.2, 0) is 23.9 Å². The van der Waals surface area contributed by atoms with E-state index in [1.807, 2.05) is 0 Å². The fraction of sp³-hybridized carbons (Fsp3) is 0.844. The summed E-state index contributed by atoms with van der Waals surface area (Å²) in [6.45, 7) is 16.4. The van der Waals surface area contributed by atoms with Crippen molar-refractivity contribution in [2.45, 2.75) is 177 Å². The molecule has 4 rings (SSSR count). The normalized spacial score (nSPS) is 29.8. The van der Waals surface area contributed by atoms with E-state index >= 15 is 0 Å². The summed E-state index contributed by atoms with van der Waals surface area (Å²) in [5.41, 5.74) is 2.26. The van der Waals surface area contributed by atoms with E-state index in [0.29, 0.717) is 24.8 Å². The Hall–Kier alpha value is -2.51. The number of hydrogen-bond acceptors (Lipinski definition) is 6. The lowest BCUT2D eigenvalue weighted by atomic mass is 9.47. The minimum absolute atomic E-state index is 0.0193. The van der Waals surface area contributed by atoms with Crippen LogP contribution in [0.5, 0.6) is 0 Å². The van der Waals surface area contributed by atoms with Gasteiger partial charge in [0.15, 0.2) is 5.78 Å². The van der Waals surface area contributed by atoms with E-state index in [4.69, 9.17) is 4.74 Å². The number of fused-ring (bicyclic) bond motifs is 5. The van der Waals surface area contributed by atoms with E-state index in [1.165, 1.54) is 56.9 Å². The number of Topliss-reactive ketones (excluding diaryl/α,β-unsaturated/α-hetero) is 3. The summed E-state index contributed by atoms with van der Waals surface area (Å²) in [6.07, 6.45) is 19.1. The van der Waals surface area contributed by atoms with Crippen molar-refractivity contribution >= 4 is 29.4 Å². The second kappa shape index (κ2) is 19.9. The highest BCUT2D eigenvalue weighted by molar-refractivity contribution is 5.91. The van der Waals surface area contributed by atoms with Gasteiger partial charge in [-0.05, 0) is 104 Å². The van der Waals surface area contributed by atoms with Crippen LogP contribution in [0, 0.1) is 52.3 Å². The second-order valence-electron chi connectivity index (χ2n) is 18.8. The Bertz CT molecular complexity index is 1310. The van der Waals surface area contributed by atoms with Gasteiger partial charge in [0.05, 0.1) is 6.54 Å². The van der Waals surface area contributed by atoms with E-state index in [9.17, 15) is 24.0 Å². The largest absolute Gasteiger partial charge is 0.446 e. The molecule has 0 aromatic carbocycles. The predicted molar refractivity (Wildman–Crippen MR) is 211 cm³/mol. The summed E-state index contributed by atoms with van der Waals surface area (Å²) in [4.78, 5) is 60.6. The molecule has 0 heterocycles. The van der Waals surface area contributed by atoms with Crippen LogP contribution in [0.4, 0.5) is 4.79 Å². The summed E-state index contributed by atoms with van der Waals surface area (Å²) in [5.74, 6) is 4.35. The van der Waals surface area contributed by atoms with E-state index in [1.54, 1.807) is 13.8 Å². The van der Waals surface area contributed by atoms with Crippen LogP contribution < -0.4 is 10.6 Å². The molecule has 8 nitrogen and oxygen atoms in total. The molecule has 0 aliphatic heterocycles. The highest BCUT2D eigenvalue weighted by Gasteiger charge is 2.59. The monoisotopic (exact) mass is 739 g/mol. The third kappa shape index (κ3) is 11.7. The third-order valence-corrected chi connectivity index (χ3v) is 14.3. The maximum atomic E-state index is 12.7. The number of alkyl carbamates (subject to hydrolysis) is 1. The SMILES string of the molecule is CC(C)CCC[C@@H](C)[C@H]1CC[C@H]2[C@@H]3CC=C4CC(OC(=O)NCCCCCC(=O)CCC(=O)NCC(=O)CCC(=O)C(C)C)CC[C@]4(C)[C@H]3CC[C@]12C. The summed E-state index contributed by atoms with van der Waals surface area (Å²) in [5, 5.41) is 5.48. The molecule has 300 valence electrons. The van der Waals surface area contributed by atoms with Gasteiger partial charge in [0.25, 0.3) is 0 Å². The predicted octanol–water partition coefficient (Wildman–Crippen LogP) is 9.72. The van der Waals surface area contributed by atoms with Gasteiger partial charge in [0.2, 0.25) is 5.91 Å². The van der Waals surface area contributed by atoms with Gasteiger partial charge in [-0.2, -0.15) is 0 Å². The number of ketones is 3. The van der Waals surface area contributed by atoms with Crippen LogP contribution in [0.15, 0.2) is 11.6 Å². The van der Waals surface area contributed by atoms with Crippen molar-refractivity contribution in [3.05, 3.63) is 11.6 Å².